The van der Waals surface area contributed by atoms with Gasteiger partial charge in [0.1, 0.15) is 5.75 Å². The summed E-state index contributed by atoms with van der Waals surface area (Å²) in [4.78, 5) is 0. The topological polar surface area (TPSA) is 65.0 Å². The largest absolute Gasteiger partial charge is 0.530 e. The van der Waals surface area contributed by atoms with Crippen molar-refractivity contribution in [2.75, 3.05) is 13.2 Å². The van der Waals surface area contributed by atoms with Gasteiger partial charge in [-0.2, -0.15) is 0 Å². The minimum Gasteiger partial charge on any atom is -0.404 e. The predicted molar refractivity (Wildman–Crippen MR) is 114 cm³/mol. The quantitative estimate of drug-likeness (QED) is 0.337. The van der Waals surface area contributed by atoms with Crippen LogP contribution in [0.5, 0.6) is 5.75 Å². The van der Waals surface area contributed by atoms with Gasteiger partial charge in [0.05, 0.1) is 19.8 Å². The standard InChI is InChI=1S/C17H32ClO5PSi2/c1-25(2,3)11-9-21-24(20,22-10-12-26(4,5)6)23-17-13-16(18)8-7-15(17)14-19/h7-8,13,19H,9-12,14H2,1-6H3. The van der Waals surface area contributed by atoms with Crippen molar-refractivity contribution < 1.29 is 23.2 Å². The fourth-order valence-electron chi connectivity index (χ4n) is 1.88. The van der Waals surface area contributed by atoms with E-state index in [4.69, 9.17) is 25.2 Å². The average molecular weight is 439 g/mol. The minimum atomic E-state index is -3.80. The van der Waals surface area contributed by atoms with E-state index < -0.39 is 24.0 Å². The lowest BCUT2D eigenvalue weighted by atomic mass is 10.2. The lowest BCUT2D eigenvalue weighted by Gasteiger charge is -2.23. The molecule has 0 aliphatic heterocycles. The van der Waals surface area contributed by atoms with Crippen molar-refractivity contribution in [2.24, 2.45) is 0 Å². The normalized spacial score (nSPS) is 13.1. The summed E-state index contributed by atoms with van der Waals surface area (Å²) >= 11 is 6.01. The Morgan fingerprint density at radius 2 is 1.50 bits per heavy atom. The van der Waals surface area contributed by atoms with Crippen LogP contribution in [0.3, 0.4) is 0 Å². The van der Waals surface area contributed by atoms with Crippen molar-refractivity contribution >= 4 is 35.6 Å². The van der Waals surface area contributed by atoms with Crippen LogP contribution in [-0.4, -0.2) is 34.5 Å². The van der Waals surface area contributed by atoms with Gasteiger partial charge >= 0.3 is 7.82 Å². The van der Waals surface area contributed by atoms with Gasteiger partial charge < -0.3 is 9.63 Å². The van der Waals surface area contributed by atoms with E-state index in [1.165, 1.54) is 6.07 Å². The molecule has 0 heterocycles. The van der Waals surface area contributed by atoms with Crippen LogP contribution in [0.15, 0.2) is 18.2 Å². The van der Waals surface area contributed by atoms with Crippen LogP contribution < -0.4 is 4.52 Å². The van der Waals surface area contributed by atoms with Gasteiger partial charge in [0.15, 0.2) is 0 Å². The maximum absolute atomic E-state index is 13.2. The van der Waals surface area contributed by atoms with Crippen molar-refractivity contribution in [3.63, 3.8) is 0 Å². The van der Waals surface area contributed by atoms with Crippen molar-refractivity contribution in [2.45, 2.75) is 58.0 Å². The van der Waals surface area contributed by atoms with Crippen LogP contribution >= 0.6 is 19.4 Å². The highest BCUT2D eigenvalue weighted by Gasteiger charge is 2.31. The molecule has 0 fully saturated rings. The predicted octanol–water partition coefficient (Wildman–Crippen LogP) is 6.03. The molecule has 0 aliphatic carbocycles. The Bertz CT molecular complexity index is 605. The van der Waals surface area contributed by atoms with Crippen molar-refractivity contribution in [1.29, 1.82) is 0 Å². The molecular formula is C17H32ClO5PSi2. The third-order valence-corrected chi connectivity index (χ3v) is 8.67. The number of phosphoric acid groups is 1. The molecule has 0 atom stereocenters. The van der Waals surface area contributed by atoms with Gasteiger partial charge in [-0.1, -0.05) is 56.9 Å². The molecular weight excluding hydrogens is 407 g/mol. The summed E-state index contributed by atoms with van der Waals surface area (Å²) in [6.45, 7) is 13.7. The summed E-state index contributed by atoms with van der Waals surface area (Å²) in [5.41, 5.74) is 0.484. The first-order valence-electron chi connectivity index (χ1n) is 8.82. The van der Waals surface area contributed by atoms with Crippen LogP contribution in [-0.2, 0) is 20.2 Å². The molecule has 0 aromatic heterocycles. The number of halogens is 1. The lowest BCUT2D eigenvalue weighted by molar-refractivity contribution is 0.165. The van der Waals surface area contributed by atoms with E-state index in [0.29, 0.717) is 23.8 Å². The molecule has 26 heavy (non-hydrogen) atoms. The number of aliphatic hydroxyl groups excluding tert-OH is 1. The monoisotopic (exact) mass is 438 g/mol. The van der Waals surface area contributed by atoms with E-state index >= 15 is 0 Å². The average Bonchev–Trinajstić information content (AvgIpc) is 2.44. The number of hydrogen-bond donors (Lipinski definition) is 1. The Hall–Kier alpha value is -0.146. The lowest BCUT2D eigenvalue weighted by Crippen LogP contribution is -2.23. The molecule has 9 heteroatoms. The van der Waals surface area contributed by atoms with Crippen LogP contribution in [0.25, 0.3) is 0 Å². The zero-order valence-electron chi connectivity index (χ0n) is 16.7. The van der Waals surface area contributed by atoms with E-state index in [1.54, 1.807) is 12.1 Å². The second-order valence-electron chi connectivity index (χ2n) is 8.74. The highest BCUT2D eigenvalue weighted by molar-refractivity contribution is 7.49. The molecule has 0 saturated heterocycles. The Kier molecular flexibility index (Phi) is 9.07. The van der Waals surface area contributed by atoms with Crippen molar-refractivity contribution in [3.05, 3.63) is 28.8 Å². The summed E-state index contributed by atoms with van der Waals surface area (Å²) in [7, 11) is -6.50. The minimum absolute atomic E-state index is 0.226. The number of phosphoric ester groups is 1. The molecule has 0 radical (unpaired) electrons. The van der Waals surface area contributed by atoms with Crippen LogP contribution in [0.1, 0.15) is 5.56 Å². The summed E-state index contributed by atoms with van der Waals surface area (Å²) in [6.07, 6.45) is 0. The Labute approximate surface area is 164 Å². The van der Waals surface area contributed by atoms with Crippen molar-refractivity contribution in [3.8, 4) is 5.75 Å². The first-order valence-corrected chi connectivity index (χ1v) is 18.1. The number of benzene rings is 1. The van der Waals surface area contributed by atoms with E-state index in [0.717, 1.165) is 12.1 Å². The van der Waals surface area contributed by atoms with Crippen LogP contribution in [0.4, 0.5) is 0 Å². The second-order valence-corrected chi connectivity index (χ2v) is 22.0. The first kappa shape index (κ1) is 23.9. The molecule has 0 spiro atoms. The molecule has 1 aromatic rings. The smallest absolute Gasteiger partial charge is 0.404 e. The molecule has 1 N–H and O–H groups in total. The first-order chi connectivity index (χ1) is 11.8. The Morgan fingerprint density at radius 3 is 1.92 bits per heavy atom. The van der Waals surface area contributed by atoms with E-state index in [2.05, 4.69) is 39.3 Å². The molecule has 150 valence electrons. The highest BCUT2D eigenvalue weighted by Crippen LogP contribution is 2.51. The SMILES string of the molecule is C[Si](C)(C)CCOP(=O)(OCC[Si](C)(C)C)Oc1cc(Cl)ccc1CO. The third-order valence-electron chi connectivity index (χ3n) is 3.61. The highest BCUT2D eigenvalue weighted by atomic mass is 35.5. The molecule has 0 aliphatic rings. The zero-order chi connectivity index (χ0) is 20.0. The fourth-order valence-corrected chi connectivity index (χ4v) is 5.04. The molecule has 0 amide bonds. The summed E-state index contributed by atoms with van der Waals surface area (Å²) in [5.74, 6) is 0.226. The second kappa shape index (κ2) is 9.87. The van der Waals surface area contributed by atoms with Crippen molar-refractivity contribution in [1.82, 2.24) is 0 Å². The zero-order valence-corrected chi connectivity index (χ0v) is 20.3. The van der Waals surface area contributed by atoms with Gasteiger partial charge in [-0.15, -0.1) is 0 Å². The summed E-state index contributed by atoms with van der Waals surface area (Å²) < 4.78 is 30.0. The Balaban J connectivity index is 2.92. The molecule has 0 unspecified atom stereocenters. The molecule has 1 aromatic carbocycles. The maximum atomic E-state index is 13.2. The maximum Gasteiger partial charge on any atom is 0.530 e. The molecule has 5 nitrogen and oxygen atoms in total. The van der Waals surface area contributed by atoms with Crippen LogP contribution in [0, 0.1) is 0 Å². The van der Waals surface area contributed by atoms with E-state index in [-0.39, 0.29) is 12.4 Å². The van der Waals surface area contributed by atoms with Gasteiger partial charge in [-0.3, -0.25) is 9.05 Å². The van der Waals surface area contributed by atoms with E-state index in [1.807, 2.05) is 0 Å². The molecule has 1 rings (SSSR count). The summed E-state index contributed by atoms with van der Waals surface area (Å²) in [6, 6.07) is 6.49. The van der Waals surface area contributed by atoms with Gasteiger partial charge in [0.25, 0.3) is 0 Å². The fraction of sp³-hybridized carbons (Fsp3) is 0.647. The Morgan fingerprint density at radius 1 is 1.00 bits per heavy atom. The molecule has 0 bridgehead atoms. The number of rotatable bonds is 11. The van der Waals surface area contributed by atoms with Gasteiger partial charge in [-0.05, 0) is 24.2 Å². The summed E-state index contributed by atoms with van der Waals surface area (Å²) in [5, 5.41) is 9.91. The third kappa shape index (κ3) is 9.69. The van der Waals surface area contributed by atoms with Gasteiger partial charge in [0.2, 0.25) is 0 Å². The van der Waals surface area contributed by atoms with Crippen LogP contribution in [0.2, 0.25) is 56.4 Å². The number of hydrogen-bond acceptors (Lipinski definition) is 5. The molecule has 0 saturated carbocycles. The van der Waals surface area contributed by atoms with Gasteiger partial charge in [0, 0.05) is 26.7 Å². The van der Waals surface area contributed by atoms with E-state index in [9.17, 15) is 9.67 Å². The van der Waals surface area contributed by atoms with Gasteiger partial charge in [-0.25, -0.2) is 4.57 Å². The number of aliphatic hydroxyl groups is 1.